The van der Waals surface area contributed by atoms with Crippen molar-refractivity contribution in [3.8, 4) is 0 Å². The Morgan fingerprint density at radius 1 is 1.06 bits per heavy atom. The Balaban J connectivity index is 1.63. The first kappa shape index (κ1) is 28.1. The molecule has 2 aromatic rings. The average Bonchev–Trinajstić information content (AvgIpc) is 2.80. The Labute approximate surface area is 211 Å². The molecule has 3 rings (SSSR count). The lowest BCUT2D eigenvalue weighted by Gasteiger charge is -2.39. The van der Waals surface area contributed by atoms with Crippen LogP contribution in [-0.4, -0.2) is 55.2 Å². The number of alkyl halides is 3. The molecule has 36 heavy (non-hydrogen) atoms. The Kier molecular flexibility index (Phi) is 8.84. The van der Waals surface area contributed by atoms with Crippen LogP contribution in [0.3, 0.4) is 0 Å². The second-order valence-corrected chi connectivity index (χ2v) is 11.6. The maximum absolute atomic E-state index is 13.4. The van der Waals surface area contributed by atoms with Crippen molar-refractivity contribution >= 4 is 21.6 Å². The Morgan fingerprint density at radius 3 is 2.19 bits per heavy atom. The third-order valence-electron chi connectivity index (χ3n) is 6.39. The summed E-state index contributed by atoms with van der Waals surface area (Å²) in [7, 11) is -4.14. The highest BCUT2D eigenvalue weighted by Crippen LogP contribution is 2.33. The standard InChI is InChI=1S/C26H34F3N3O3S/c1-18(2)20-8-10-22(11-9-20)30-25(33)17-31-14-12-23(13-15-31)32(19(3)4)36(34,35)24-7-5-6-21(16-24)26(27,28)29/h5-11,16,18-19,23H,12-15,17H2,1-4H3,(H,30,33). The third kappa shape index (κ3) is 6.86. The predicted octanol–water partition coefficient (Wildman–Crippen LogP) is 5.33. The zero-order valence-corrected chi connectivity index (χ0v) is 21.9. The number of carbonyl (C=O) groups is 1. The van der Waals surface area contributed by atoms with Crippen LogP contribution in [0.2, 0.25) is 0 Å². The molecule has 1 heterocycles. The fourth-order valence-corrected chi connectivity index (χ4v) is 6.47. The van der Waals surface area contributed by atoms with Gasteiger partial charge in [0.25, 0.3) is 0 Å². The number of halogens is 3. The number of nitrogens with one attached hydrogen (secondary N) is 1. The second kappa shape index (κ2) is 11.3. The summed E-state index contributed by atoms with van der Waals surface area (Å²) in [6.07, 6.45) is -3.67. The van der Waals surface area contributed by atoms with E-state index in [1.165, 1.54) is 15.9 Å². The molecular weight excluding hydrogens is 491 g/mol. The second-order valence-electron chi connectivity index (χ2n) is 9.79. The molecule has 0 saturated carbocycles. The number of anilines is 1. The molecule has 1 fully saturated rings. The normalized spacial score (nSPS) is 16.2. The summed E-state index contributed by atoms with van der Waals surface area (Å²) in [6.45, 7) is 8.83. The van der Waals surface area contributed by atoms with Gasteiger partial charge in [-0.1, -0.05) is 32.0 Å². The van der Waals surface area contributed by atoms with Gasteiger partial charge in [0.2, 0.25) is 15.9 Å². The Morgan fingerprint density at radius 2 is 1.67 bits per heavy atom. The van der Waals surface area contributed by atoms with Gasteiger partial charge in [-0.2, -0.15) is 17.5 Å². The van der Waals surface area contributed by atoms with Gasteiger partial charge in [-0.15, -0.1) is 0 Å². The van der Waals surface area contributed by atoms with Gasteiger partial charge < -0.3 is 5.32 Å². The minimum atomic E-state index is -4.63. The molecule has 0 aliphatic carbocycles. The fourth-order valence-electron chi connectivity index (χ4n) is 4.54. The molecule has 2 aromatic carbocycles. The summed E-state index contributed by atoms with van der Waals surface area (Å²) in [5.74, 6) is 0.252. The van der Waals surface area contributed by atoms with Crippen LogP contribution in [0.15, 0.2) is 53.4 Å². The summed E-state index contributed by atoms with van der Waals surface area (Å²) < 4.78 is 67.5. The highest BCUT2D eigenvalue weighted by molar-refractivity contribution is 7.89. The molecule has 0 radical (unpaired) electrons. The van der Waals surface area contributed by atoms with Gasteiger partial charge in [-0.3, -0.25) is 9.69 Å². The number of sulfonamides is 1. The maximum Gasteiger partial charge on any atom is 0.416 e. The van der Waals surface area contributed by atoms with E-state index in [9.17, 15) is 26.4 Å². The molecule has 0 spiro atoms. The SMILES string of the molecule is CC(C)c1ccc(NC(=O)CN2CCC(N(C(C)C)S(=O)(=O)c3cccc(C(F)(F)F)c3)CC2)cc1. The van der Waals surface area contributed by atoms with Crippen LogP contribution in [0.4, 0.5) is 18.9 Å². The zero-order chi connectivity index (χ0) is 26.7. The molecule has 0 aromatic heterocycles. The lowest BCUT2D eigenvalue weighted by Crippen LogP contribution is -2.51. The first-order chi connectivity index (χ1) is 16.8. The number of piperidine rings is 1. The largest absolute Gasteiger partial charge is 0.416 e. The van der Waals surface area contributed by atoms with Gasteiger partial charge in [0.15, 0.2) is 0 Å². The van der Waals surface area contributed by atoms with E-state index >= 15 is 0 Å². The third-order valence-corrected chi connectivity index (χ3v) is 8.52. The van der Waals surface area contributed by atoms with E-state index < -0.39 is 27.8 Å². The van der Waals surface area contributed by atoms with Gasteiger partial charge >= 0.3 is 6.18 Å². The van der Waals surface area contributed by atoms with Gasteiger partial charge in [-0.05, 0) is 68.5 Å². The molecule has 10 heteroatoms. The molecule has 0 bridgehead atoms. The maximum atomic E-state index is 13.4. The van der Waals surface area contributed by atoms with E-state index in [1.807, 2.05) is 29.2 Å². The van der Waals surface area contributed by atoms with Crippen molar-refractivity contribution in [3.05, 3.63) is 59.7 Å². The van der Waals surface area contributed by atoms with Crippen molar-refractivity contribution in [1.82, 2.24) is 9.21 Å². The first-order valence-electron chi connectivity index (χ1n) is 12.1. The van der Waals surface area contributed by atoms with Crippen molar-refractivity contribution in [1.29, 1.82) is 0 Å². The van der Waals surface area contributed by atoms with E-state index in [0.717, 1.165) is 17.8 Å². The van der Waals surface area contributed by atoms with Crippen LogP contribution < -0.4 is 5.32 Å². The Hall–Kier alpha value is -2.43. The van der Waals surface area contributed by atoms with Crippen molar-refractivity contribution in [3.63, 3.8) is 0 Å². The monoisotopic (exact) mass is 525 g/mol. The van der Waals surface area contributed by atoms with E-state index in [1.54, 1.807) is 13.8 Å². The molecule has 198 valence electrons. The fraction of sp³-hybridized carbons (Fsp3) is 0.500. The van der Waals surface area contributed by atoms with E-state index in [2.05, 4.69) is 19.2 Å². The molecule has 6 nitrogen and oxygen atoms in total. The van der Waals surface area contributed by atoms with Crippen molar-refractivity contribution in [2.24, 2.45) is 0 Å². The van der Waals surface area contributed by atoms with Gasteiger partial charge in [0.05, 0.1) is 17.0 Å². The van der Waals surface area contributed by atoms with E-state index in [-0.39, 0.29) is 23.4 Å². The Bertz CT molecular complexity index is 1140. The number of rotatable bonds is 8. The number of hydrogen-bond donors (Lipinski definition) is 1. The topological polar surface area (TPSA) is 69.7 Å². The summed E-state index contributed by atoms with van der Waals surface area (Å²) in [4.78, 5) is 14.1. The van der Waals surface area contributed by atoms with Crippen molar-refractivity contribution in [2.75, 3.05) is 25.0 Å². The van der Waals surface area contributed by atoms with Crippen molar-refractivity contribution < 1.29 is 26.4 Å². The van der Waals surface area contributed by atoms with Crippen LogP contribution >= 0.6 is 0 Å². The number of amides is 1. The summed E-state index contributed by atoms with van der Waals surface area (Å²) in [5.41, 5.74) is 0.911. The minimum Gasteiger partial charge on any atom is -0.325 e. The first-order valence-corrected chi connectivity index (χ1v) is 13.6. The molecule has 1 aliphatic heterocycles. The number of nitrogens with zero attached hydrogens (tertiary/aromatic N) is 2. The number of hydrogen-bond acceptors (Lipinski definition) is 4. The van der Waals surface area contributed by atoms with Gasteiger partial charge in [-0.25, -0.2) is 8.42 Å². The number of likely N-dealkylation sites (tertiary alicyclic amines) is 1. The smallest absolute Gasteiger partial charge is 0.325 e. The van der Waals surface area contributed by atoms with E-state index in [4.69, 9.17) is 0 Å². The summed E-state index contributed by atoms with van der Waals surface area (Å²) in [5, 5.41) is 2.89. The van der Waals surface area contributed by atoms with Crippen LogP contribution in [0, 0.1) is 0 Å². The van der Waals surface area contributed by atoms with Gasteiger partial charge in [0, 0.05) is 30.9 Å². The lowest BCUT2D eigenvalue weighted by molar-refractivity contribution is -0.137. The highest BCUT2D eigenvalue weighted by atomic mass is 32.2. The molecule has 1 saturated heterocycles. The molecular formula is C26H34F3N3O3S. The molecule has 0 unspecified atom stereocenters. The molecule has 0 atom stereocenters. The van der Waals surface area contributed by atoms with Crippen LogP contribution in [-0.2, 0) is 21.0 Å². The van der Waals surface area contributed by atoms with Crippen LogP contribution in [0.5, 0.6) is 0 Å². The van der Waals surface area contributed by atoms with Crippen LogP contribution in [0.25, 0.3) is 0 Å². The molecule has 1 aliphatic rings. The number of carbonyl (C=O) groups excluding carboxylic acids is 1. The average molecular weight is 526 g/mol. The highest BCUT2D eigenvalue weighted by Gasteiger charge is 2.37. The molecule has 1 N–H and O–H groups in total. The van der Waals surface area contributed by atoms with E-state index in [0.29, 0.717) is 37.9 Å². The predicted molar refractivity (Wildman–Crippen MR) is 134 cm³/mol. The van der Waals surface area contributed by atoms with Gasteiger partial charge in [0.1, 0.15) is 0 Å². The van der Waals surface area contributed by atoms with Crippen LogP contribution in [0.1, 0.15) is 57.6 Å². The zero-order valence-electron chi connectivity index (χ0n) is 21.0. The lowest BCUT2D eigenvalue weighted by atomic mass is 10.0. The minimum absolute atomic E-state index is 0.150. The van der Waals surface area contributed by atoms with Crippen molar-refractivity contribution in [2.45, 2.75) is 69.6 Å². The molecule has 1 amide bonds. The quantitative estimate of drug-likeness (QED) is 0.506. The summed E-state index contributed by atoms with van der Waals surface area (Å²) >= 11 is 0. The number of benzene rings is 2. The summed E-state index contributed by atoms with van der Waals surface area (Å²) in [6, 6.07) is 10.8.